The molecule has 4 heteroatoms. The van der Waals surface area contributed by atoms with Crippen LogP contribution in [0.1, 0.15) is 40.0 Å². The highest BCUT2D eigenvalue weighted by atomic mass is 16.5. The van der Waals surface area contributed by atoms with Crippen molar-refractivity contribution in [1.82, 2.24) is 0 Å². The Morgan fingerprint density at radius 1 is 1.25 bits per heavy atom. The lowest BCUT2D eigenvalue weighted by Gasteiger charge is -2.45. The second-order valence-electron chi connectivity index (χ2n) is 7.07. The molecule has 0 unspecified atom stereocenters. The minimum atomic E-state index is 0.000283. The van der Waals surface area contributed by atoms with Gasteiger partial charge in [-0.1, -0.05) is 0 Å². The van der Waals surface area contributed by atoms with Crippen molar-refractivity contribution in [2.75, 3.05) is 47.4 Å². The number of carbonyl (C=O) groups excluding carboxylic acids is 1. The van der Waals surface area contributed by atoms with Gasteiger partial charge in [-0.25, -0.2) is 4.79 Å². The summed E-state index contributed by atoms with van der Waals surface area (Å²) < 4.78 is 7.33. The van der Waals surface area contributed by atoms with Gasteiger partial charge < -0.3 is 13.7 Å². The first-order valence-corrected chi connectivity index (χ1v) is 8.10. The number of likely N-dealkylation sites (tertiary alicyclic amines) is 1. The molecule has 0 bridgehead atoms. The van der Waals surface area contributed by atoms with E-state index in [1.54, 1.807) is 0 Å². The fourth-order valence-corrected chi connectivity index (χ4v) is 2.97. The number of carbonyl (C=O) groups is 1. The van der Waals surface area contributed by atoms with E-state index in [0.717, 1.165) is 41.4 Å². The molecule has 0 spiro atoms. The Hall–Kier alpha value is -0.610. The van der Waals surface area contributed by atoms with Gasteiger partial charge in [-0.3, -0.25) is 0 Å². The lowest BCUT2D eigenvalue weighted by atomic mass is 9.94. The molecule has 0 amide bonds. The van der Waals surface area contributed by atoms with Crippen molar-refractivity contribution in [3.05, 3.63) is 0 Å². The summed E-state index contributed by atoms with van der Waals surface area (Å²) in [5.74, 6) is 0.000283. The lowest BCUT2D eigenvalue weighted by Crippen LogP contribution is -2.60. The maximum Gasteiger partial charge on any atom is 0.365 e. The standard InChI is InChI=1S/C16H34N2O2/c1-7-18(6,8-2)12-13-20-16(19)15-11-9-10-14(3)17(15,4)5/h14-15H,7-13H2,1-6H3/q+2/t14-,15+/m0/s1. The van der Waals surface area contributed by atoms with Crippen LogP contribution >= 0.6 is 0 Å². The predicted octanol–water partition coefficient (Wildman–Crippen LogP) is 2.03. The maximum atomic E-state index is 12.4. The average Bonchev–Trinajstić information content (AvgIpc) is 2.41. The predicted molar refractivity (Wildman–Crippen MR) is 82.3 cm³/mol. The van der Waals surface area contributed by atoms with Gasteiger partial charge in [0.25, 0.3) is 0 Å². The molecule has 0 aliphatic carbocycles. The zero-order chi connectivity index (χ0) is 15.4. The second-order valence-corrected chi connectivity index (χ2v) is 7.07. The van der Waals surface area contributed by atoms with E-state index in [1.807, 2.05) is 0 Å². The van der Waals surface area contributed by atoms with Gasteiger partial charge >= 0.3 is 5.97 Å². The smallest absolute Gasteiger partial charge is 0.365 e. The zero-order valence-electron chi connectivity index (χ0n) is 14.3. The van der Waals surface area contributed by atoms with E-state index in [1.165, 1.54) is 6.42 Å². The van der Waals surface area contributed by atoms with E-state index >= 15 is 0 Å². The van der Waals surface area contributed by atoms with E-state index in [9.17, 15) is 4.79 Å². The fraction of sp³-hybridized carbons (Fsp3) is 0.938. The molecule has 0 aromatic rings. The molecule has 4 nitrogen and oxygen atoms in total. The Kier molecular flexibility index (Phi) is 6.02. The first-order chi connectivity index (χ1) is 9.27. The van der Waals surface area contributed by atoms with Crippen LogP contribution < -0.4 is 0 Å². The number of hydrogen-bond acceptors (Lipinski definition) is 2. The SMILES string of the molecule is CC[N+](C)(CC)CCOC(=O)[C@H]1CCC[C@H](C)[N+]1(C)C. The molecule has 1 rings (SSSR count). The van der Waals surface area contributed by atoms with Gasteiger partial charge in [0, 0.05) is 6.42 Å². The molecule has 1 heterocycles. The summed E-state index contributed by atoms with van der Waals surface area (Å²) >= 11 is 0. The Morgan fingerprint density at radius 3 is 2.40 bits per heavy atom. The molecular weight excluding hydrogens is 252 g/mol. The van der Waals surface area contributed by atoms with E-state index in [-0.39, 0.29) is 12.0 Å². The maximum absolute atomic E-state index is 12.4. The van der Waals surface area contributed by atoms with Crippen LogP contribution in [0.25, 0.3) is 0 Å². The van der Waals surface area contributed by atoms with Crippen LogP contribution in [0.3, 0.4) is 0 Å². The number of nitrogens with zero attached hydrogens (tertiary/aromatic N) is 2. The number of likely N-dealkylation sites (N-methyl/N-ethyl adjacent to an activating group) is 2. The molecule has 0 saturated carbocycles. The molecule has 1 saturated heterocycles. The van der Waals surface area contributed by atoms with Gasteiger partial charge in [-0.2, -0.15) is 0 Å². The van der Waals surface area contributed by atoms with Crippen LogP contribution in [0.2, 0.25) is 0 Å². The third-order valence-corrected chi connectivity index (χ3v) is 5.71. The summed E-state index contributed by atoms with van der Waals surface area (Å²) in [6, 6.07) is 0.550. The molecule has 2 atom stereocenters. The number of ether oxygens (including phenoxy) is 1. The molecule has 1 aliphatic heterocycles. The van der Waals surface area contributed by atoms with Crippen LogP contribution in [-0.2, 0) is 9.53 Å². The number of rotatable bonds is 6. The molecule has 0 aromatic carbocycles. The number of piperidine rings is 1. The summed E-state index contributed by atoms with van der Waals surface area (Å²) in [6.45, 7) is 10.2. The first-order valence-electron chi connectivity index (χ1n) is 8.10. The highest BCUT2D eigenvalue weighted by Crippen LogP contribution is 2.28. The van der Waals surface area contributed by atoms with Gasteiger partial charge in [0.05, 0.1) is 40.3 Å². The Morgan fingerprint density at radius 2 is 1.85 bits per heavy atom. The minimum Gasteiger partial charge on any atom is -0.455 e. The van der Waals surface area contributed by atoms with Gasteiger partial charge in [0.1, 0.15) is 13.2 Å². The summed E-state index contributed by atoms with van der Waals surface area (Å²) in [5.41, 5.74) is 0. The summed E-state index contributed by atoms with van der Waals surface area (Å²) in [5, 5.41) is 0. The van der Waals surface area contributed by atoms with Crippen LogP contribution in [-0.4, -0.2) is 74.4 Å². The second kappa shape index (κ2) is 6.90. The third-order valence-electron chi connectivity index (χ3n) is 5.71. The molecule has 20 heavy (non-hydrogen) atoms. The van der Waals surface area contributed by atoms with Gasteiger partial charge in [0.15, 0.2) is 6.04 Å². The monoisotopic (exact) mass is 286 g/mol. The van der Waals surface area contributed by atoms with E-state index in [0.29, 0.717) is 12.6 Å². The molecule has 0 N–H and O–H groups in total. The van der Waals surface area contributed by atoms with Crippen LogP contribution in [0, 0.1) is 0 Å². The highest BCUT2D eigenvalue weighted by Gasteiger charge is 2.42. The van der Waals surface area contributed by atoms with Crippen molar-refractivity contribution in [2.45, 2.75) is 52.1 Å². The van der Waals surface area contributed by atoms with Crippen molar-refractivity contribution >= 4 is 5.97 Å². The Bertz CT molecular complexity index is 324. The highest BCUT2D eigenvalue weighted by molar-refractivity contribution is 5.74. The van der Waals surface area contributed by atoms with Crippen LogP contribution in [0.5, 0.6) is 0 Å². The zero-order valence-corrected chi connectivity index (χ0v) is 14.3. The fourth-order valence-electron chi connectivity index (χ4n) is 2.97. The Balaban J connectivity index is 2.50. The van der Waals surface area contributed by atoms with Crippen molar-refractivity contribution in [3.8, 4) is 0 Å². The van der Waals surface area contributed by atoms with E-state index in [2.05, 4.69) is 41.9 Å². The normalized spacial score (nSPS) is 26.3. The molecule has 0 radical (unpaired) electrons. The minimum absolute atomic E-state index is 0.000283. The van der Waals surface area contributed by atoms with E-state index < -0.39 is 0 Å². The van der Waals surface area contributed by atoms with Crippen molar-refractivity contribution in [1.29, 1.82) is 0 Å². The topological polar surface area (TPSA) is 26.3 Å². The molecular formula is C16H34N2O2+2. The summed E-state index contributed by atoms with van der Waals surface area (Å²) in [7, 11) is 6.54. The van der Waals surface area contributed by atoms with Gasteiger partial charge in [-0.05, 0) is 33.6 Å². The molecule has 0 aromatic heterocycles. The largest absolute Gasteiger partial charge is 0.455 e. The van der Waals surface area contributed by atoms with Crippen molar-refractivity contribution in [2.24, 2.45) is 0 Å². The van der Waals surface area contributed by atoms with Crippen LogP contribution in [0.15, 0.2) is 0 Å². The number of hydrogen-bond donors (Lipinski definition) is 0. The van der Waals surface area contributed by atoms with Crippen molar-refractivity contribution in [3.63, 3.8) is 0 Å². The number of quaternary nitrogens is 2. The van der Waals surface area contributed by atoms with Gasteiger partial charge in [-0.15, -0.1) is 0 Å². The third kappa shape index (κ3) is 3.95. The van der Waals surface area contributed by atoms with Crippen LogP contribution in [0.4, 0.5) is 0 Å². The summed E-state index contributed by atoms with van der Waals surface area (Å²) in [6.07, 6.45) is 3.31. The molecule has 1 fully saturated rings. The lowest BCUT2D eigenvalue weighted by molar-refractivity contribution is -0.934. The average molecular weight is 286 g/mol. The Labute approximate surface area is 124 Å². The van der Waals surface area contributed by atoms with Gasteiger partial charge in [0.2, 0.25) is 0 Å². The van der Waals surface area contributed by atoms with Crippen molar-refractivity contribution < 1.29 is 18.5 Å². The van der Waals surface area contributed by atoms with E-state index in [4.69, 9.17) is 4.74 Å². The first kappa shape index (κ1) is 17.4. The molecule has 1 aliphatic rings. The quantitative estimate of drug-likeness (QED) is 0.552. The summed E-state index contributed by atoms with van der Waals surface area (Å²) in [4.78, 5) is 12.4. The number of esters is 1. The molecule has 118 valence electrons.